The molecule has 0 amide bonds. The van der Waals surface area contributed by atoms with Crippen LogP contribution in [0.15, 0.2) is 23.8 Å². The first-order valence-electron chi connectivity index (χ1n) is 4.26. The van der Waals surface area contributed by atoms with E-state index in [9.17, 15) is 18.0 Å². The molecule has 1 rings (SSSR count). The zero-order valence-electron chi connectivity index (χ0n) is 8.27. The Kier molecular flexibility index (Phi) is 3.29. The van der Waals surface area contributed by atoms with Gasteiger partial charge in [-0.2, -0.15) is 0 Å². The Bertz CT molecular complexity index is 432. The molecule has 1 aromatic carbocycles. The summed E-state index contributed by atoms with van der Waals surface area (Å²) >= 11 is 0. The predicted octanol–water partition coefficient (Wildman–Crippen LogP) is 3.25. The third-order valence-electron chi connectivity index (χ3n) is 1.72. The summed E-state index contributed by atoms with van der Waals surface area (Å²) in [5.74, 6) is -5.05. The van der Waals surface area contributed by atoms with E-state index in [2.05, 4.69) is 0 Å². The van der Waals surface area contributed by atoms with E-state index in [0.717, 1.165) is 18.2 Å². The van der Waals surface area contributed by atoms with Crippen LogP contribution in [0.25, 0.3) is 0 Å². The normalized spacial score (nSPS) is 9.93. The molecule has 1 aromatic rings. The molecular formula is C11H9F3O. The van der Waals surface area contributed by atoms with Crippen molar-refractivity contribution in [3.05, 3.63) is 46.8 Å². The molecule has 0 saturated carbocycles. The molecule has 0 heterocycles. The number of carbonyl (C=O) groups is 1. The minimum Gasteiger partial charge on any atom is -0.289 e. The predicted molar refractivity (Wildman–Crippen MR) is 50.1 cm³/mol. The fourth-order valence-electron chi connectivity index (χ4n) is 1.06. The van der Waals surface area contributed by atoms with Crippen molar-refractivity contribution in [2.24, 2.45) is 0 Å². The fourth-order valence-corrected chi connectivity index (χ4v) is 1.06. The van der Waals surface area contributed by atoms with Gasteiger partial charge in [0.15, 0.2) is 23.2 Å². The van der Waals surface area contributed by atoms with Crippen molar-refractivity contribution >= 4 is 5.78 Å². The van der Waals surface area contributed by atoms with Gasteiger partial charge in [-0.3, -0.25) is 4.79 Å². The van der Waals surface area contributed by atoms with Crippen molar-refractivity contribution in [2.45, 2.75) is 13.8 Å². The first kappa shape index (κ1) is 11.5. The highest BCUT2D eigenvalue weighted by Gasteiger charge is 2.16. The van der Waals surface area contributed by atoms with Crippen LogP contribution in [0.2, 0.25) is 0 Å². The minimum atomic E-state index is -1.62. The molecule has 0 spiro atoms. The second-order valence-electron chi connectivity index (χ2n) is 3.31. The molecule has 1 nitrogen and oxygen atoms in total. The minimum absolute atomic E-state index is 0.463. The Balaban J connectivity index is 3.23. The summed E-state index contributed by atoms with van der Waals surface area (Å²) in [5.41, 5.74) is 0.194. The molecule has 0 radical (unpaired) electrons. The summed E-state index contributed by atoms with van der Waals surface area (Å²) in [5, 5.41) is 0. The van der Waals surface area contributed by atoms with Crippen LogP contribution in [0, 0.1) is 17.5 Å². The molecule has 4 heteroatoms. The zero-order chi connectivity index (χ0) is 11.6. The first-order chi connectivity index (χ1) is 6.93. The van der Waals surface area contributed by atoms with Gasteiger partial charge in [0, 0.05) is 0 Å². The average Bonchev–Trinajstić information content (AvgIpc) is 2.13. The van der Waals surface area contributed by atoms with Crippen LogP contribution in [0.1, 0.15) is 24.2 Å². The Hall–Kier alpha value is -1.58. The van der Waals surface area contributed by atoms with E-state index in [1.54, 1.807) is 13.8 Å². The van der Waals surface area contributed by atoms with Gasteiger partial charge < -0.3 is 0 Å². The molecule has 0 aliphatic rings. The second-order valence-corrected chi connectivity index (χ2v) is 3.31. The standard InChI is InChI=1S/C11H9F3O/c1-6(2)5-9(15)7-3-4-8(12)11(14)10(7)13/h3-5H,1-2H3. The number of ketones is 1. The molecular weight excluding hydrogens is 205 g/mol. The second kappa shape index (κ2) is 4.29. The number of allylic oxidation sites excluding steroid dienone is 2. The van der Waals surface area contributed by atoms with Crippen molar-refractivity contribution in [2.75, 3.05) is 0 Å². The van der Waals surface area contributed by atoms with Crippen LogP contribution in [0.3, 0.4) is 0 Å². The van der Waals surface area contributed by atoms with Crippen LogP contribution in [-0.4, -0.2) is 5.78 Å². The molecule has 0 fully saturated rings. The third kappa shape index (κ3) is 2.46. The van der Waals surface area contributed by atoms with E-state index in [1.165, 1.54) is 0 Å². The molecule has 80 valence electrons. The lowest BCUT2D eigenvalue weighted by molar-refractivity contribution is 0.104. The first-order valence-corrected chi connectivity index (χ1v) is 4.26. The smallest absolute Gasteiger partial charge is 0.195 e. The van der Waals surface area contributed by atoms with Crippen LogP contribution < -0.4 is 0 Å². The summed E-state index contributed by atoms with van der Waals surface area (Å²) in [6.07, 6.45) is 1.16. The van der Waals surface area contributed by atoms with Gasteiger partial charge in [0.25, 0.3) is 0 Å². The number of halogens is 3. The molecule has 0 N–H and O–H groups in total. The molecule has 15 heavy (non-hydrogen) atoms. The quantitative estimate of drug-likeness (QED) is 0.419. The number of benzene rings is 1. The Morgan fingerprint density at radius 2 is 1.73 bits per heavy atom. The van der Waals surface area contributed by atoms with Gasteiger partial charge >= 0.3 is 0 Å². The fraction of sp³-hybridized carbons (Fsp3) is 0.182. The summed E-state index contributed by atoms with van der Waals surface area (Å²) in [6, 6.07) is 1.65. The Morgan fingerprint density at radius 1 is 1.13 bits per heavy atom. The van der Waals surface area contributed by atoms with Gasteiger partial charge in [0.2, 0.25) is 0 Å². The molecule has 0 aliphatic heterocycles. The lowest BCUT2D eigenvalue weighted by Gasteiger charge is -2.01. The lowest BCUT2D eigenvalue weighted by Crippen LogP contribution is -2.03. The van der Waals surface area contributed by atoms with Gasteiger partial charge in [-0.15, -0.1) is 0 Å². The number of hydrogen-bond donors (Lipinski definition) is 0. The number of hydrogen-bond acceptors (Lipinski definition) is 1. The summed E-state index contributed by atoms with van der Waals surface area (Å²) in [4.78, 5) is 11.3. The SMILES string of the molecule is CC(C)=CC(=O)c1ccc(F)c(F)c1F. The van der Waals surface area contributed by atoms with Crippen LogP contribution in [0.5, 0.6) is 0 Å². The molecule has 0 aromatic heterocycles. The highest BCUT2D eigenvalue weighted by molar-refractivity contribution is 6.05. The number of carbonyl (C=O) groups excluding carboxylic acids is 1. The monoisotopic (exact) mass is 214 g/mol. The van der Waals surface area contributed by atoms with E-state index in [1.807, 2.05) is 0 Å². The van der Waals surface area contributed by atoms with Crippen LogP contribution in [-0.2, 0) is 0 Å². The van der Waals surface area contributed by atoms with E-state index in [4.69, 9.17) is 0 Å². The van der Waals surface area contributed by atoms with Crippen LogP contribution in [0.4, 0.5) is 13.2 Å². The summed E-state index contributed by atoms with van der Waals surface area (Å²) in [6.45, 7) is 3.30. The third-order valence-corrected chi connectivity index (χ3v) is 1.72. The maximum absolute atomic E-state index is 13.1. The van der Waals surface area contributed by atoms with Crippen molar-refractivity contribution in [3.8, 4) is 0 Å². The van der Waals surface area contributed by atoms with Crippen molar-refractivity contribution in [1.82, 2.24) is 0 Å². The maximum atomic E-state index is 13.1. The lowest BCUT2D eigenvalue weighted by atomic mass is 10.1. The van der Waals surface area contributed by atoms with Gasteiger partial charge in [0.1, 0.15) is 0 Å². The topological polar surface area (TPSA) is 17.1 Å². The van der Waals surface area contributed by atoms with Gasteiger partial charge in [-0.25, -0.2) is 13.2 Å². The zero-order valence-corrected chi connectivity index (χ0v) is 8.27. The van der Waals surface area contributed by atoms with Crippen molar-refractivity contribution in [3.63, 3.8) is 0 Å². The Labute approximate surface area is 85.2 Å². The van der Waals surface area contributed by atoms with E-state index < -0.39 is 28.8 Å². The van der Waals surface area contributed by atoms with E-state index >= 15 is 0 Å². The summed E-state index contributed by atoms with van der Waals surface area (Å²) < 4.78 is 38.4. The van der Waals surface area contributed by atoms with Gasteiger partial charge in [-0.1, -0.05) is 5.57 Å². The van der Waals surface area contributed by atoms with Crippen molar-refractivity contribution < 1.29 is 18.0 Å². The maximum Gasteiger partial charge on any atom is 0.195 e. The number of rotatable bonds is 2. The molecule has 0 unspecified atom stereocenters. The van der Waals surface area contributed by atoms with Gasteiger partial charge in [-0.05, 0) is 32.1 Å². The highest BCUT2D eigenvalue weighted by atomic mass is 19.2. The van der Waals surface area contributed by atoms with Crippen molar-refractivity contribution in [1.29, 1.82) is 0 Å². The molecule has 0 aliphatic carbocycles. The van der Waals surface area contributed by atoms with Crippen LogP contribution >= 0.6 is 0 Å². The Morgan fingerprint density at radius 3 is 2.27 bits per heavy atom. The molecule has 0 saturated heterocycles. The average molecular weight is 214 g/mol. The largest absolute Gasteiger partial charge is 0.289 e. The van der Waals surface area contributed by atoms with Gasteiger partial charge in [0.05, 0.1) is 5.56 Å². The molecule has 0 atom stereocenters. The van der Waals surface area contributed by atoms with E-state index in [-0.39, 0.29) is 0 Å². The molecule has 0 bridgehead atoms. The van der Waals surface area contributed by atoms with E-state index in [0.29, 0.717) is 5.57 Å². The summed E-state index contributed by atoms with van der Waals surface area (Å²) in [7, 11) is 0. The highest BCUT2D eigenvalue weighted by Crippen LogP contribution is 2.16.